The first kappa shape index (κ1) is 15.5. The largest absolute Gasteiger partial charge is 0.495 e. The van der Waals surface area contributed by atoms with E-state index in [0.717, 1.165) is 11.4 Å². The monoisotopic (exact) mass is 309 g/mol. The molecule has 1 heterocycles. The number of hydrogen-bond acceptors (Lipinski definition) is 4. The van der Waals surface area contributed by atoms with Crippen molar-refractivity contribution >= 4 is 10.0 Å². The highest BCUT2D eigenvalue weighted by Gasteiger charge is 2.18. The second-order valence-electron chi connectivity index (χ2n) is 4.70. The Hall–Kier alpha value is -1.86. The zero-order valence-corrected chi connectivity index (χ0v) is 13.1. The van der Waals surface area contributed by atoms with Gasteiger partial charge >= 0.3 is 0 Å². The summed E-state index contributed by atoms with van der Waals surface area (Å²) in [6.45, 7) is 4.59. The number of ether oxygens (including phenoxy) is 1. The van der Waals surface area contributed by atoms with Gasteiger partial charge in [0.1, 0.15) is 10.6 Å². The van der Waals surface area contributed by atoms with Crippen molar-refractivity contribution in [2.75, 3.05) is 13.7 Å². The Labute approximate surface area is 124 Å². The van der Waals surface area contributed by atoms with E-state index in [1.165, 1.54) is 13.2 Å². The summed E-state index contributed by atoms with van der Waals surface area (Å²) in [6, 6.07) is 8.49. The number of nitrogens with zero attached hydrogens (tertiary/aromatic N) is 2. The van der Waals surface area contributed by atoms with Crippen LogP contribution in [0.4, 0.5) is 0 Å². The molecule has 0 aliphatic heterocycles. The minimum absolute atomic E-state index is 0.140. The van der Waals surface area contributed by atoms with Crippen LogP contribution < -0.4 is 9.46 Å². The van der Waals surface area contributed by atoms with E-state index in [1.807, 2.05) is 19.9 Å². The summed E-state index contributed by atoms with van der Waals surface area (Å²) in [5, 5.41) is 4.29. The maximum Gasteiger partial charge on any atom is 0.244 e. The zero-order chi connectivity index (χ0) is 15.5. The van der Waals surface area contributed by atoms with Crippen LogP contribution in [0.1, 0.15) is 11.4 Å². The van der Waals surface area contributed by atoms with E-state index in [1.54, 1.807) is 22.9 Å². The predicted molar refractivity (Wildman–Crippen MR) is 79.9 cm³/mol. The van der Waals surface area contributed by atoms with Crippen molar-refractivity contribution in [1.29, 1.82) is 0 Å². The highest BCUT2D eigenvalue weighted by atomic mass is 32.2. The Kier molecular flexibility index (Phi) is 4.64. The Morgan fingerprint density at radius 1 is 1.29 bits per heavy atom. The van der Waals surface area contributed by atoms with Gasteiger partial charge in [0.15, 0.2) is 0 Å². The first-order valence-corrected chi connectivity index (χ1v) is 8.06. The van der Waals surface area contributed by atoms with Gasteiger partial charge in [0.05, 0.1) is 19.3 Å². The molecule has 1 N–H and O–H groups in total. The normalized spacial score (nSPS) is 11.6. The summed E-state index contributed by atoms with van der Waals surface area (Å²) in [5.74, 6) is 0.330. The molecule has 0 atom stereocenters. The van der Waals surface area contributed by atoms with Crippen LogP contribution in [0, 0.1) is 13.8 Å². The molecule has 0 spiro atoms. The number of nitrogens with one attached hydrogen (secondary N) is 1. The predicted octanol–water partition coefficient (Wildman–Crippen LogP) is 1.49. The van der Waals surface area contributed by atoms with E-state index in [0.29, 0.717) is 12.3 Å². The molecule has 114 valence electrons. The van der Waals surface area contributed by atoms with Crippen molar-refractivity contribution in [2.45, 2.75) is 25.3 Å². The number of aromatic nitrogens is 2. The third kappa shape index (κ3) is 3.62. The van der Waals surface area contributed by atoms with E-state index >= 15 is 0 Å². The lowest BCUT2D eigenvalue weighted by molar-refractivity contribution is 0.402. The lowest BCUT2D eigenvalue weighted by Gasteiger charge is -2.11. The van der Waals surface area contributed by atoms with Crippen molar-refractivity contribution in [3.8, 4) is 5.75 Å². The summed E-state index contributed by atoms with van der Waals surface area (Å²) in [5.41, 5.74) is 1.92. The number of aryl methyl sites for hydroxylation is 2. The molecular formula is C14H19N3O3S. The van der Waals surface area contributed by atoms with Crippen LogP contribution in [0.15, 0.2) is 35.2 Å². The molecule has 7 heteroatoms. The SMILES string of the molecule is COc1ccccc1S(=O)(=O)NCCn1nc(C)cc1C. The van der Waals surface area contributed by atoms with E-state index < -0.39 is 10.0 Å². The van der Waals surface area contributed by atoms with Crippen LogP contribution in [-0.4, -0.2) is 31.9 Å². The molecule has 0 radical (unpaired) electrons. The van der Waals surface area contributed by atoms with Gasteiger partial charge in [-0.3, -0.25) is 4.68 Å². The summed E-state index contributed by atoms with van der Waals surface area (Å²) >= 11 is 0. The van der Waals surface area contributed by atoms with Crippen molar-refractivity contribution in [3.63, 3.8) is 0 Å². The molecule has 0 unspecified atom stereocenters. The summed E-state index contributed by atoms with van der Waals surface area (Å²) < 4.78 is 34.0. The molecule has 2 aromatic rings. The molecule has 0 aliphatic rings. The van der Waals surface area contributed by atoms with Crippen LogP contribution in [-0.2, 0) is 16.6 Å². The van der Waals surface area contributed by atoms with Crippen molar-refractivity contribution in [3.05, 3.63) is 41.7 Å². The molecule has 0 saturated heterocycles. The molecule has 2 rings (SSSR count). The molecule has 0 bridgehead atoms. The molecular weight excluding hydrogens is 290 g/mol. The quantitative estimate of drug-likeness (QED) is 0.877. The van der Waals surface area contributed by atoms with Crippen LogP contribution in [0.3, 0.4) is 0 Å². The minimum atomic E-state index is -3.60. The highest BCUT2D eigenvalue weighted by Crippen LogP contribution is 2.22. The van der Waals surface area contributed by atoms with Gasteiger partial charge in [-0.2, -0.15) is 5.10 Å². The third-order valence-electron chi connectivity index (χ3n) is 3.08. The topological polar surface area (TPSA) is 73.2 Å². The standard InChI is InChI=1S/C14H19N3O3S/c1-11-10-12(2)17(16-11)9-8-15-21(18,19)14-7-5-4-6-13(14)20-3/h4-7,10,15H,8-9H2,1-3H3. The Morgan fingerprint density at radius 3 is 2.62 bits per heavy atom. The van der Waals surface area contributed by atoms with Gasteiger partial charge in [0.25, 0.3) is 0 Å². The third-order valence-corrected chi connectivity index (χ3v) is 4.58. The molecule has 0 saturated carbocycles. The smallest absolute Gasteiger partial charge is 0.244 e. The van der Waals surface area contributed by atoms with Gasteiger partial charge in [-0.25, -0.2) is 13.1 Å². The van der Waals surface area contributed by atoms with Gasteiger partial charge < -0.3 is 4.74 Å². The number of hydrogen-bond donors (Lipinski definition) is 1. The molecule has 1 aromatic heterocycles. The maximum absolute atomic E-state index is 12.3. The molecule has 6 nitrogen and oxygen atoms in total. The van der Waals surface area contributed by atoms with E-state index in [4.69, 9.17) is 4.74 Å². The van der Waals surface area contributed by atoms with Crippen molar-refractivity contribution in [1.82, 2.24) is 14.5 Å². The number of rotatable bonds is 6. The summed E-state index contributed by atoms with van der Waals surface area (Å²) in [6.07, 6.45) is 0. The first-order valence-electron chi connectivity index (χ1n) is 6.58. The number of methoxy groups -OCH3 is 1. The van der Waals surface area contributed by atoms with Crippen LogP contribution in [0.2, 0.25) is 0 Å². The second-order valence-corrected chi connectivity index (χ2v) is 6.43. The minimum Gasteiger partial charge on any atom is -0.495 e. The van der Waals surface area contributed by atoms with Crippen LogP contribution in [0.5, 0.6) is 5.75 Å². The number of benzene rings is 1. The fourth-order valence-electron chi connectivity index (χ4n) is 2.11. The molecule has 0 fully saturated rings. The molecule has 21 heavy (non-hydrogen) atoms. The van der Waals surface area contributed by atoms with E-state index in [9.17, 15) is 8.42 Å². The van der Waals surface area contributed by atoms with E-state index in [2.05, 4.69) is 9.82 Å². The summed E-state index contributed by atoms with van der Waals surface area (Å²) in [7, 11) is -2.15. The second kappa shape index (κ2) is 6.28. The number of para-hydroxylation sites is 1. The van der Waals surface area contributed by atoms with Crippen LogP contribution >= 0.6 is 0 Å². The average Bonchev–Trinajstić information content (AvgIpc) is 2.77. The molecule has 1 aromatic carbocycles. The first-order chi connectivity index (χ1) is 9.94. The van der Waals surface area contributed by atoms with Crippen molar-refractivity contribution < 1.29 is 13.2 Å². The van der Waals surface area contributed by atoms with Crippen molar-refractivity contribution in [2.24, 2.45) is 0 Å². The van der Waals surface area contributed by atoms with Gasteiger partial charge in [0.2, 0.25) is 10.0 Å². The van der Waals surface area contributed by atoms with Gasteiger partial charge in [-0.1, -0.05) is 12.1 Å². The van der Waals surface area contributed by atoms with Gasteiger partial charge in [-0.15, -0.1) is 0 Å². The molecule has 0 aliphatic carbocycles. The maximum atomic E-state index is 12.3. The number of sulfonamides is 1. The fourth-order valence-corrected chi connectivity index (χ4v) is 3.30. The summed E-state index contributed by atoms with van der Waals surface area (Å²) in [4.78, 5) is 0.140. The Balaban J connectivity index is 2.06. The fraction of sp³-hybridized carbons (Fsp3) is 0.357. The zero-order valence-electron chi connectivity index (χ0n) is 12.3. The Bertz CT molecular complexity index is 723. The van der Waals surface area contributed by atoms with Gasteiger partial charge in [-0.05, 0) is 32.0 Å². The lowest BCUT2D eigenvalue weighted by Crippen LogP contribution is -2.28. The average molecular weight is 309 g/mol. The Morgan fingerprint density at radius 2 is 2.00 bits per heavy atom. The van der Waals surface area contributed by atoms with Crippen LogP contribution in [0.25, 0.3) is 0 Å². The lowest BCUT2D eigenvalue weighted by atomic mass is 10.3. The van der Waals surface area contributed by atoms with E-state index in [-0.39, 0.29) is 11.4 Å². The highest BCUT2D eigenvalue weighted by molar-refractivity contribution is 7.89. The van der Waals surface area contributed by atoms with Gasteiger partial charge in [0, 0.05) is 12.2 Å². The molecule has 0 amide bonds.